The maximum Gasteiger partial charge on any atom is 0.253 e. The predicted octanol–water partition coefficient (Wildman–Crippen LogP) is 2.78. The van der Waals surface area contributed by atoms with Crippen molar-refractivity contribution in [3.8, 4) is 11.5 Å². The summed E-state index contributed by atoms with van der Waals surface area (Å²) in [5.74, 6) is 1.12. The fraction of sp³-hybridized carbons (Fsp3) is 0.235. The van der Waals surface area contributed by atoms with Crippen molar-refractivity contribution in [1.29, 1.82) is 0 Å². The highest BCUT2D eigenvalue weighted by atomic mass is 16.5. The number of hydrogen-bond acceptors (Lipinski definition) is 5. The average molecular weight is 315 g/mol. The Morgan fingerprint density at radius 2 is 1.83 bits per heavy atom. The molecule has 1 amide bonds. The summed E-state index contributed by atoms with van der Waals surface area (Å²) in [6.45, 7) is 2.41. The van der Waals surface area contributed by atoms with Gasteiger partial charge in [0.05, 0.1) is 31.2 Å². The van der Waals surface area contributed by atoms with E-state index in [1.807, 2.05) is 19.1 Å². The van der Waals surface area contributed by atoms with Gasteiger partial charge in [0, 0.05) is 18.3 Å². The predicted molar refractivity (Wildman–Crippen MR) is 91.7 cm³/mol. The third-order valence-corrected chi connectivity index (χ3v) is 3.30. The topological polar surface area (TPSA) is 85.6 Å². The zero-order valence-electron chi connectivity index (χ0n) is 13.5. The number of methoxy groups -OCH3 is 2. The number of anilines is 3. The number of nitrogens with one attached hydrogen (secondary N) is 2. The minimum absolute atomic E-state index is 0.185. The smallest absolute Gasteiger partial charge is 0.253 e. The van der Waals surface area contributed by atoms with Crippen LogP contribution >= 0.6 is 0 Å². The van der Waals surface area contributed by atoms with Crippen LogP contribution in [0.1, 0.15) is 17.3 Å². The summed E-state index contributed by atoms with van der Waals surface area (Å²) in [5.41, 5.74) is 8.18. The molecule has 0 saturated carbocycles. The maximum atomic E-state index is 12.2. The molecule has 4 N–H and O–H groups in total. The third-order valence-electron chi connectivity index (χ3n) is 3.30. The van der Waals surface area contributed by atoms with E-state index in [-0.39, 0.29) is 5.91 Å². The molecule has 0 bridgehead atoms. The van der Waals surface area contributed by atoms with E-state index in [2.05, 4.69) is 10.6 Å². The quantitative estimate of drug-likeness (QED) is 0.714. The molecule has 122 valence electrons. The minimum atomic E-state index is -0.185. The monoisotopic (exact) mass is 315 g/mol. The largest absolute Gasteiger partial charge is 0.497 e. The van der Waals surface area contributed by atoms with Crippen molar-refractivity contribution < 1.29 is 14.3 Å². The van der Waals surface area contributed by atoms with Crippen LogP contribution in [0.2, 0.25) is 0 Å². The van der Waals surface area contributed by atoms with Gasteiger partial charge in [0.15, 0.2) is 0 Å². The summed E-state index contributed by atoms with van der Waals surface area (Å²) in [6.07, 6.45) is 0. The van der Waals surface area contributed by atoms with E-state index < -0.39 is 0 Å². The Kier molecular flexibility index (Phi) is 5.30. The standard InChI is InChI=1S/C17H21N3O3/c1-4-19-17(21)13-9-11(18)5-7-14(13)20-15-8-6-12(22-2)10-16(15)23-3/h5-10,20H,4,18H2,1-3H3,(H,19,21). The Hall–Kier alpha value is -2.89. The van der Waals surface area contributed by atoms with E-state index in [9.17, 15) is 4.79 Å². The van der Waals surface area contributed by atoms with Gasteiger partial charge in [-0.15, -0.1) is 0 Å². The van der Waals surface area contributed by atoms with Crippen molar-refractivity contribution in [2.24, 2.45) is 0 Å². The lowest BCUT2D eigenvalue weighted by molar-refractivity contribution is 0.0956. The molecule has 0 aliphatic heterocycles. The Morgan fingerprint density at radius 3 is 2.48 bits per heavy atom. The van der Waals surface area contributed by atoms with Gasteiger partial charge in [0.25, 0.3) is 5.91 Å². The van der Waals surface area contributed by atoms with Gasteiger partial charge < -0.3 is 25.8 Å². The molecule has 2 aromatic rings. The van der Waals surface area contributed by atoms with E-state index in [0.29, 0.717) is 35.0 Å². The molecule has 2 rings (SSSR count). The average Bonchev–Trinajstić information content (AvgIpc) is 2.56. The van der Waals surface area contributed by atoms with E-state index >= 15 is 0 Å². The van der Waals surface area contributed by atoms with E-state index in [1.54, 1.807) is 38.5 Å². The Bertz CT molecular complexity index is 701. The van der Waals surface area contributed by atoms with Crippen LogP contribution in [-0.4, -0.2) is 26.7 Å². The lowest BCUT2D eigenvalue weighted by Crippen LogP contribution is -2.23. The summed E-state index contributed by atoms with van der Waals surface area (Å²) < 4.78 is 10.5. The second-order valence-corrected chi connectivity index (χ2v) is 4.86. The van der Waals surface area contributed by atoms with E-state index in [1.165, 1.54) is 0 Å². The number of amides is 1. The van der Waals surface area contributed by atoms with Crippen molar-refractivity contribution in [3.05, 3.63) is 42.0 Å². The van der Waals surface area contributed by atoms with Crippen LogP contribution < -0.4 is 25.8 Å². The first-order valence-electron chi connectivity index (χ1n) is 7.25. The summed E-state index contributed by atoms with van der Waals surface area (Å²) >= 11 is 0. The van der Waals surface area contributed by atoms with E-state index in [4.69, 9.17) is 15.2 Å². The number of hydrogen-bond donors (Lipinski definition) is 3. The summed E-state index contributed by atoms with van der Waals surface area (Å²) in [7, 11) is 3.17. The molecule has 0 spiro atoms. The van der Waals surface area contributed by atoms with Crippen molar-refractivity contribution >= 4 is 23.0 Å². The number of carbonyl (C=O) groups is 1. The molecule has 0 fully saturated rings. The molecule has 0 aromatic heterocycles. The number of carbonyl (C=O) groups excluding carboxylic acids is 1. The molecule has 6 heteroatoms. The lowest BCUT2D eigenvalue weighted by Gasteiger charge is -2.15. The van der Waals surface area contributed by atoms with Crippen LogP contribution in [0, 0.1) is 0 Å². The number of rotatable bonds is 6. The first-order chi connectivity index (χ1) is 11.1. The van der Waals surface area contributed by atoms with Crippen molar-refractivity contribution in [2.75, 3.05) is 31.8 Å². The molecular formula is C17H21N3O3. The van der Waals surface area contributed by atoms with Crippen LogP contribution in [0.25, 0.3) is 0 Å². The van der Waals surface area contributed by atoms with Gasteiger partial charge in [0.1, 0.15) is 11.5 Å². The molecule has 0 saturated heterocycles. The van der Waals surface area contributed by atoms with Crippen molar-refractivity contribution in [2.45, 2.75) is 6.92 Å². The summed E-state index contributed by atoms with van der Waals surface area (Å²) in [6, 6.07) is 10.6. The normalized spacial score (nSPS) is 10.0. The number of benzene rings is 2. The van der Waals surface area contributed by atoms with Gasteiger partial charge in [-0.25, -0.2) is 0 Å². The minimum Gasteiger partial charge on any atom is -0.497 e. The van der Waals surface area contributed by atoms with Gasteiger partial charge in [-0.1, -0.05) is 0 Å². The van der Waals surface area contributed by atoms with Crippen LogP contribution in [0.4, 0.5) is 17.1 Å². The first-order valence-corrected chi connectivity index (χ1v) is 7.25. The first kappa shape index (κ1) is 16.5. The zero-order chi connectivity index (χ0) is 16.8. The SMILES string of the molecule is CCNC(=O)c1cc(N)ccc1Nc1ccc(OC)cc1OC. The van der Waals surface area contributed by atoms with Crippen molar-refractivity contribution in [3.63, 3.8) is 0 Å². The molecule has 0 unspecified atom stereocenters. The number of nitrogen functional groups attached to an aromatic ring is 1. The number of nitrogens with two attached hydrogens (primary N) is 1. The molecule has 0 radical (unpaired) electrons. The molecular weight excluding hydrogens is 294 g/mol. The van der Waals surface area contributed by atoms with Crippen LogP contribution in [-0.2, 0) is 0 Å². The molecule has 23 heavy (non-hydrogen) atoms. The van der Waals surface area contributed by atoms with E-state index in [0.717, 1.165) is 5.69 Å². The molecule has 0 aliphatic rings. The van der Waals surface area contributed by atoms with Gasteiger partial charge in [0.2, 0.25) is 0 Å². The highest BCUT2D eigenvalue weighted by Gasteiger charge is 2.13. The highest BCUT2D eigenvalue weighted by molar-refractivity contribution is 6.01. The van der Waals surface area contributed by atoms with Gasteiger partial charge >= 0.3 is 0 Å². The molecule has 2 aromatic carbocycles. The maximum absolute atomic E-state index is 12.2. The molecule has 0 aliphatic carbocycles. The van der Waals surface area contributed by atoms with Crippen molar-refractivity contribution in [1.82, 2.24) is 5.32 Å². The molecule has 0 atom stereocenters. The second-order valence-electron chi connectivity index (χ2n) is 4.86. The fourth-order valence-corrected chi connectivity index (χ4v) is 2.16. The van der Waals surface area contributed by atoms with Crippen LogP contribution in [0.15, 0.2) is 36.4 Å². The fourth-order valence-electron chi connectivity index (χ4n) is 2.16. The Labute approximate surface area is 135 Å². The summed E-state index contributed by atoms with van der Waals surface area (Å²) in [4.78, 5) is 12.2. The van der Waals surface area contributed by atoms with Crippen LogP contribution in [0.5, 0.6) is 11.5 Å². The zero-order valence-corrected chi connectivity index (χ0v) is 13.5. The number of ether oxygens (including phenoxy) is 2. The van der Waals surface area contributed by atoms with Crippen LogP contribution in [0.3, 0.4) is 0 Å². The van der Waals surface area contributed by atoms with Gasteiger partial charge in [-0.2, -0.15) is 0 Å². The molecule has 6 nitrogen and oxygen atoms in total. The lowest BCUT2D eigenvalue weighted by atomic mass is 10.1. The second kappa shape index (κ2) is 7.40. The molecule has 0 heterocycles. The Morgan fingerprint density at radius 1 is 1.09 bits per heavy atom. The Balaban J connectivity index is 2.38. The van der Waals surface area contributed by atoms with Gasteiger partial charge in [-0.3, -0.25) is 4.79 Å². The summed E-state index contributed by atoms with van der Waals surface area (Å²) in [5, 5.41) is 5.99. The third kappa shape index (κ3) is 3.85. The highest BCUT2D eigenvalue weighted by Crippen LogP contribution is 2.33. The van der Waals surface area contributed by atoms with Gasteiger partial charge in [-0.05, 0) is 37.3 Å².